The largest absolute Gasteiger partial charge is 0.349 e. The minimum absolute atomic E-state index is 0.345. The first kappa shape index (κ1) is 20.2. The summed E-state index contributed by atoms with van der Waals surface area (Å²) < 4.78 is 11.8. The average Bonchev–Trinajstić information content (AvgIpc) is 2.56. The van der Waals surface area contributed by atoms with Crippen LogP contribution < -0.4 is 5.32 Å². The van der Waals surface area contributed by atoms with Gasteiger partial charge in [0.15, 0.2) is 5.79 Å². The van der Waals surface area contributed by atoms with Crippen molar-refractivity contribution in [2.24, 2.45) is 0 Å². The van der Waals surface area contributed by atoms with Crippen molar-refractivity contribution in [3.8, 4) is 0 Å². The maximum atomic E-state index is 6.05. The molecule has 3 atom stereocenters. The van der Waals surface area contributed by atoms with Crippen LogP contribution in [0.15, 0.2) is 0 Å². The molecule has 2 aliphatic rings. The normalized spacial score (nSPS) is 29.4. The Labute approximate surface area is 150 Å². The first-order chi connectivity index (χ1) is 11.6. The van der Waals surface area contributed by atoms with E-state index in [9.17, 15) is 0 Å². The van der Waals surface area contributed by atoms with Gasteiger partial charge in [-0.3, -0.25) is 0 Å². The van der Waals surface area contributed by atoms with Crippen molar-refractivity contribution in [3.05, 3.63) is 0 Å². The summed E-state index contributed by atoms with van der Waals surface area (Å²) in [4.78, 5) is 0. The molecule has 2 saturated heterocycles. The van der Waals surface area contributed by atoms with Gasteiger partial charge in [0.25, 0.3) is 0 Å². The summed E-state index contributed by atoms with van der Waals surface area (Å²) in [5.74, 6) is -0.397. The molecule has 3 nitrogen and oxygen atoms in total. The second-order valence-electron chi connectivity index (χ2n) is 8.39. The number of rotatable bonds is 11. The molecule has 0 radical (unpaired) electrons. The maximum absolute atomic E-state index is 6.05. The fourth-order valence-electron chi connectivity index (χ4n) is 4.15. The smallest absolute Gasteiger partial charge is 0.163 e. The van der Waals surface area contributed by atoms with E-state index in [2.05, 4.69) is 12.2 Å². The molecule has 0 amide bonds. The Bertz CT molecular complexity index is 332. The number of hydrogen-bond donors (Lipinski definition) is 1. The van der Waals surface area contributed by atoms with Crippen LogP contribution in [0, 0.1) is 0 Å². The molecule has 0 unspecified atom stereocenters. The number of unbranched alkanes of at least 4 members (excludes halogenated alkanes) is 9. The predicted molar refractivity (Wildman–Crippen MR) is 101 cm³/mol. The summed E-state index contributed by atoms with van der Waals surface area (Å²) in [6.45, 7) is 7.14. The van der Waals surface area contributed by atoms with Crippen molar-refractivity contribution in [1.82, 2.24) is 5.32 Å². The van der Waals surface area contributed by atoms with Crippen LogP contribution in [0.5, 0.6) is 0 Å². The van der Waals surface area contributed by atoms with Crippen LogP contribution in [-0.2, 0) is 9.47 Å². The van der Waals surface area contributed by atoms with Crippen molar-refractivity contribution in [1.29, 1.82) is 0 Å². The Balaban J connectivity index is 1.45. The Morgan fingerprint density at radius 3 is 2.17 bits per heavy atom. The standard InChI is InChI=1S/C21H41NO2/c1-4-5-6-7-8-9-10-11-12-13-14-18-15-16-20-19(22-18)17-23-21(2,3)24-20/h18-20,22H,4-17H2,1-3H3/t18-,19-,20-/m0/s1. The van der Waals surface area contributed by atoms with Gasteiger partial charge in [-0.2, -0.15) is 0 Å². The molecule has 2 fully saturated rings. The van der Waals surface area contributed by atoms with Crippen molar-refractivity contribution < 1.29 is 9.47 Å². The van der Waals surface area contributed by atoms with Crippen molar-refractivity contribution in [3.63, 3.8) is 0 Å². The van der Waals surface area contributed by atoms with Crippen LogP contribution in [0.2, 0.25) is 0 Å². The van der Waals surface area contributed by atoms with Gasteiger partial charge < -0.3 is 14.8 Å². The molecule has 3 heteroatoms. The predicted octanol–water partition coefficient (Wildman–Crippen LogP) is 5.57. The molecule has 0 aromatic carbocycles. The number of hydrogen-bond acceptors (Lipinski definition) is 3. The number of ether oxygens (including phenoxy) is 2. The summed E-state index contributed by atoms with van der Waals surface area (Å²) in [5, 5.41) is 3.77. The molecule has 0 aliphatic carbocycles. The molecule has 0 saturated carbocycles. The quantitative estimate of drug-likeness (QED) is 0.499. The topological polar surface area (TPSA) is 30.5 Å². The highest BCUT2D eigenvalue weighted by atomic mass is 16.7. The highest BCUT2D eigenvalue weighted by Crippen LogP contribution is 2.29. The molecular formula is C21H41NO2. The molecule has 2 heterocycles. The number of piperidine rings is 1. The molecule has 0 spiro atoms. The molecule has 24 heavy (non-hydrogen) atoms. The van der Waals surface area contributed by atoms with Crippen molar-refractivity contribution in [2.45, 2.75) is 128 Å². The fraction of sp³-hybridized carbons (Fsp3) is 1.00. The van der Waals surface area contributed by atoms with Gasteiger partial charge in [0.2, 0.25) is 0 Å². The Morgan fingerprint density at radius 2 is 1.50 bits per heavy atom. The third kappa shape index (κ3) is 7.41. The first-order valence-electron chi connectivity index (χ1n) is 10.7. The van der Waals surface area contributed by atoms with Crippen LogP contribution in [0.3, 0.4) is 0 Å². The fourth-order valence-corrected chi connectivity index (χ4v) is 4.15. The van der Waals surface area contributed by atoms with Gasteiger partial charge in [0, 0.05) is 6.04 Å². The van der Waals surface area contributed by atoms with E-state index in [1.807, 2.05) is 13.8 Å². The molecular weight excluding hydrogens is 298 g/mol. The van der Waals surface area contributed by atoms with Crippen molar-refractivity contribution in [2.75, 3.05) is 6.61 Å². The molecule has 0 aromatic heterocycles. The van der Waals surface area contributed by atoms with Gasteiger partial charge in [0.1, 0.15) is 0 Å². The Morgan fingerprint density at radius 1 is 0.875 bits per heavy atom. The summed E-state index contributed by atoms with van der Waals surface area (Å²) in [6, 6.07) is 1.08. The van der Waals surface area contributed by atoms with Crippen LogP contribution >= 0.6 is 0 Å². The van der Waals surface area contributed by atoms with E-state index < -0.39 is 5.79 Å². The third-order valence-electron chi connectivity index (χ3n) is 5.65. The van der Waals surface area contributed by atoms with E-state index in [4.69, 9.17) is 9.47 Å². The van der Waals surface area contributed by atoms with E-state index in [0.717, 1.165) is 6.61 Å². The lowest BCUT2D eigenvalue weighted by Gasteiger charge is -2.46. The summed E-state index contributed by atoms with van der Waals surface area (Å²) in [5.41, 5.74) is 0. The van der Waals surface area contributed by atoms with Gasteiger partial charge in [-0.25, -0.2) is 0 Å². The lowest BCUT2D eigenvalue weighted by Crippen LogP contribution is -2.59. The van der Waals surface area contributed by atoms with E-state index in [-0.39, 0.29) is 0 Å². The third-order valence-corrected chi connectivity index (χ3v) is 5.65. The minimum Gasteiger partial charge on any atom is -0.349 e. The van der Waals surface area contributed by atoms with Gasteiger partial charge in [-0.05, 0) is 33.1 Å². The van der Waals surface area contributed by atoms with Gasteiger partial charge in [-0.1, -0.05) is 71.1 Å². The summed E-state index contributed by atoms with van der Waals surface area (Å²) >= 11 is 0. The van der Waals surface area contributed by atoms with E-state index >= 15 is 0 Å². The van der Waals surface area contributed by atoms with Gasteiger partial charge in [0.05, 0.1) is 18.8 Å². The zero-order valence-corrected chi connectivity index (χ0v) is 16.4. The monoisotopic (exact) mass is 339 g/mol. The molecule has 0 bridgehead atoms. The minimum atomic E-state index is -0.397. The number of nitrogens with one attached hydrogen (secondary N) is 1. The SMILES string of the molecule is CCCCCCCCCCCC[C@H]1CC[C@@H]2OC(C)(C)OC[C@@H]2N1. The zero-order valence-electron chi connectivity index (χ0n) is 16.4. The second kappa shape index (κ2) is 10.8. The maximum Gasteiger partial charge on any atom is 0.163 e. The van der Waals surface area contributed by atoms with Gasteiger partial charge in [-0.15, -0.1) is 0 Å². The molecule has 2 rings (SSSR count). The van der Waals surface area contributed by atoms with E-state index in [0.29, 0.717) is 18.2 Å². The van der Waals surface area contributed by atoms with Crippen molar-refractivity contribution >= 4 is 0 Å². The summed E-state index contributed by atoms with van der Waals surface area (Å²) in [6.07, 6.45) is 18.3. The van der Waals surface area contributed by atoms with Crippen LogP contribution in [-0.4, -0.2) is 30.6 Å². The lowest BCUT2D eigenvalue weighted by atomic mass is 9.91. The van der Waals surface area contributed by atoms with Crippen LogP contribution in [0.25, 0.3) is 0 Å². The van der Waals surface area contributed by atoms with E-state index in [1.54, 1.807) is 0 Å². The lowest BCUT2D eigenvalue weighted by molar-refractivity contribution is -0.288. The van der Waals surface area contributed by atoms with Crippen LogP contribution in [0.1, 0.15) is 104 Å². The molecule has 142 valence electrons. The zero-order chi connectivity index (χ0) is 17.3. The van der Waals surface area contributed by atoms with E-state index in [1.165, 1.54) is 83.5 Å². The van der Waals surface area contributed by atoms with Gasteiger partial charge >= 0.3 is 0 Å². The first-order valence-corrected chi connectivity index (χ1v) is 10.7. The molecule has 2 aliphatic heterocycles. The molecule has 1 N–H and O–H groups in total. The Kier molecular flexibility index (Phi) is 9.07. The number of fused-ring (bicyclic) bond motifs is 1. The summed E-state index contributed by atoms with van der Waals surface area (Å²) in [7, 11) is 0. The highest BCUT2D eigenvalue weighted by Gasteiger charge is 2.39. The molecule has 0 aromatic rings. The Hall–Kier alpha value is -0.120. The van der Waals surface area contributed by atoms with Crippen LogP contribution in [0.4, 0.5) is 0 Å². The second-order valence-corrected chi connectivity index (χ2v) is 8.39. The highest BCUT2D eigenvalue weighted by molar-refractivity contribution is 4.91. The average molecular weight is 340 g/mol.